The topological polar surface area (TPSA) is 47.3 Å². The summed E-state index contributed by atoms with van der Waals surface area (Å²) in [5.41, 5.74) is 8.80. The Kier molecular flexibility index (Phi) is 4.55. The van der Waals surface area contributed by atoms with Gasteiger partial charge in [0.05, 0.1) is 6.10 Å². The van der Waals surface area contributed by atoms with E-state index in [-0.39, 0.29) is 0 Å². The average Bonchev–Trinajstić information content (AvgIpc) is 2.37. The Morgan fingerprint density at radius 1 is 1.50 bits per heavy atom. The molecule has 98 valence electrons. The average molecular weight is 264 g/mol. The molecule has 3 nitrogen and oxygen atoms in total. The Morgan fingerprint density at radius 3 is 2.94 bits per heavy atom. The molecule has 18 heavy (non-hydrogen) atoms. The van der Waals surface area contributed by atoms with Gasteiger partial charge in [-0.15, -0.1) is 0 Å². The third-order valence-corrected chi connectivity index (χ3v) is 3.52. The number of hydrogen-bond acceptors (Lipinski definition) is 3. The first-order valence-electron chi connectivity index (χ1n) is 6.43. The van der Waals surface area contributed by atoms with Crippen molar-refractivity contribution in [2.24, 2.45) is 5.73 Å². The van der Waals surface area contributed by atoms with Gasteiger partial charge in [0.25, 0.3) is 0 Å². The lowest BCUT2D eigenvalue weighted by atomic mass is 10.1. The molecule has 1 fully saturated rings. The van der Waals surface area contributed by atoms with Crippen LogP contribution in [0.4, 0.5) is 5.69 Å². The summed E-state index contributed by atoms with van der Waals surface area (Å²) in [7, 11) is 0. The zero-order chi connectivity index (χ0) is 13.0. The molecule has 1 heterocycles. The molecule has 3 N–H and O–H groups in total. The summed E-state index contributed by atoms with van der Waals surface area (Å²) in [4.78, 5) is 0.453. The van der Waals surface area contributed by atoms with E-state index in [9.17, 15) is 0 Å². The van der Waals surface area contributed by atoms with Gasteiger partial charge in [-0.3, -0.25) is 0 Å². The highest BCUT2D eigenvalue weighted by Gasteiger charge is 2.13. The fourth-order valence-electron chi connectivity index (χ4n) is 2.25. The van der Waals surface area contributed by atoms with Crippen LogP contribution in [0.5, 0.6) is 0 Å². The standard InChI is InChI=1S/C14H20N2OS/c1-10-8-11(5-6-13(10)14(15)18)16-9-12-4-2-3-7-17-12/h5-6,8,12,16H,2-4,7,9H2,1H3,(H2,15,18). The molecule has 2 rings (SSSR count). The van der Waals surface area contributed by atoms with Gasteiger partial charge in [-0.05, 0) is 49.9 Å². The first-order valence-corrected chi connectivity index (χ1v) is 6.83. The summed E-state index contributed by atoms with van der Waals surface area (Å²) < 4.78 is 5.69. The normalized spacial score (nSPS) is 19.5. The van der Waals surface area contributed by atoms with Gasteiger partial charge >= 0.3 is 0 Å². The quantitative estimate of drug-likeness (QED) is 0.821. The summed E-state index contributed by atoms with van der Waals surface area (Å²) in [6.45, 7) is 3.79. The molecule has 1 unspecified atom stereocenters. The Labute approximate surface area is 114 Å². The number of rotatable bonds is 4. The molecule has 1 aromatic rings. The van der Waals surface area contributed by atoms with E-state index >= 15 is 0 Å². The number of benzene rings is 1. The second-order valence-corrected chi connectivity index (χ2v) is 5.20. The number of hydrogen-bond donors (Lipinski definition) is 2. The van der Waals surface area contributed by atoms with E-state index < -0.39 is 0 Å². The highest BCUT2D eigenvalue weighted by atomic mass is 32.1. The van der Waals surface area contributed by atoms with Crippen LogP contribution in [0, 0.1) is 6.92 Å². The third kappa shape index (κ3) is 3.43. The van der Waals surface area contributed by atoms with Crippen molar-refractivity contribution in [1.29, 1.82) is 0 Å². The Bertz CT molecular complexity index is 428. The molecule has 1 atom stereocenters. The molecule has 0 spiro atoms. The molecule has 0 aliphatic carbocycles. The van der Waals surface area contributed by atoms with Crippen LogP contribution in [-0.4, -0.2) is 24.2 Å². The van der Waals surface area contributed by atoms with Gasteiger partial charge in [-0.1, -0.05) is 12.2 Å². The van der Waals surface area contributed by atoms with Crippen LogP contribution < -0.4 is 11.1 Å². The first-order chi connectivity index (χ1) is 8.66. The van der Waals surface area contributed by atoms with Gasteiger partial charge in [0.2, 0.25) is 0 Å². The Morgan fingerprint density at radius 2 is 2.33 bits per heavy atom. The van der Waals surface area contributed by atoms with Crippen molar-refractivity contribution < 1.29 is 4.74 Å². The Balaban J connectivity index is 1.93. The van der Waals surface area contributed by atoms with Crippen LogP contribution in [-0.2, 0) is 4.74 Å². The van der Waals surface area contributed by atoms with Gasteiger partial charge in [0.15, 0.2) is 0 Å². The van der Waals surface area contributed by atoms with Gasteiger partial charge in [-0.25, -0.2) is 0 Å². The molecule has 1 aliphatic rings. The molecule has 0 bridgehead atoms. The maximum atomic E-state index is 5.69. The number of anilines is 1. The molecule has 0 radical (unpaired) electrons. The zero-order valence-electron chi connectivity index (χ0n) is 10.7. The maximum absolute atomic E-state index is 5.69. The number of aryl methyl sites for hydroxylation is 1. The van der Waals surface area contributed by atoms with Crippen LogP contribution in [0.3, 0.4) is 0 Å². The first kappa shape index (κ1) is 13.3. The molecule has 4 heteroatoms. The second-order valence-electron chi connectivity index (χ2n) is 4.76. The van der Waals surface area contributed by atoms with Gasteiger partial charge < -0.3 is 15.8 Å². The summed E-state index contributed by atoms with van der Waals surface area (Å²) in [5.74, 6) is 0. The number of nitrogens with two attached hydrogens (primary N) is 1. The van der Waals surface area contributed by atoms with E-state index in [1.165, 1.54) is 12.8 Å². The maximum Gasteiger partial charge on any atom is 0.104 e. The van der Waals surface area contributed by atoms with E-state index in [0.717, 1.165) is 36.4 Å². The molecular formula is C14H20N2OS. The molecule has 1 aromatic carbocycles. The predicted molar refractivity (Wildman–Crippen MR) is 79.1 cm³/mol. The number of thiocarbonyl (C=S) groups is 1. The number of nitrogens with one attached hydrogen (secondary N) is 1. The van der Waals surface area contributed by atoms with E-state index in [2.05, 4.69) is 11.4 Å². The van der Waals surface area contributed by atoms with E-state index in [0.29, 0.717) is 11.1 Å². The monoisotopic (exact) mass is 264 g/mol. The molecule has 1 saturated heterocycles. The fourth-order valence-corrected chi connectivity index (χ4v) is 2.48. The third-order valence-electron chi connectivity index (χ3n) is 3.30. The summed E-state index contributed by atoms with van der Waals surface area (Å²) in [5, 5.41) is 3.41. The Hall–Kier alpha value is -1.13. The lowest BCUT2D eigenvalue weighted by molar-refractivity contribution is 0.0247. The van der Waals surface area contributed by atoms with Crippen molar-refractivity contribution in [3.63, 3.8) is 0 Å². The predicted octanol–water partition coefficient (Wildman–Crippen LogP) is 2.61. The van der Waals surface area contributed by atoms with Crippen LogP contribution in [0.1, 0.15) is 30.4 Å². The second kappa shape index (κ2) is 6.16. The van der Waals surface area contributed by atoms with Crippen LogP contribution in [0.15, 0.2) is 18.2 Å². The highest BCUT2D eigenvalue weighted by Crippen LogP contribution is 2.17. The van der Waals surface area contributed by atoms with Crippen LogP contribution in [0.25, 0.3) is 0 Å². The fraction of sp³-hybridized carbons (Fsp3) is 0.500. The molecule has 0 aromatic heterocycles. The van der Waals surface area contributed by atoms with Crippen molar-refractivity contribution in [3.8, 4) is 0 Å². The zero-order valence-corrected chi connectivity index (χ0v) is 11.6. The van der Waals surface area contributed by atoms with Crippen molar-refractivity contribution in [1.82, 2.24) is 0 Å². The summed E-state index contributed by atoms with van der Waals surface area (Å²) in [6, 6.07) is 6.07. The lowest BCUT2D eigenvalue weighted by Gasteiger charge is -2.23. The van der Waals surface area contributed by atoms with Crippen LogP contribution in [0.2, 0.25) is 0 Å². The van der Waals surface area contributed by atoms with Crippen molar-refractivity contribution >= 4 is 22.9 Å². The van der Waals surface area contributed by atoms with Crippen molar-refractivity contribution in [3.05, 3.63) is 29.3 Å². The highest BCUT2D eigenvalue weighted by molar-refractivity contribution is 7.80. The molecule has 1 aliphatic heterocycles. The minimum atomic E-state index is 0.342. The summed E-state index contributed by atoms with van der Waals surface area (Å²) >= 11 is 5.00. The van der Waals surface area contributed by atoms with Gasteiger partial charge in [-0.2, -0.15) is 0 Å². The lowest BCUT2D eigenvalue weighted by Crippen LogP contribution is -2.27. The van der Waals surface area contributed by atoms with Crippen molar-refractivity contribution in [2.75, 3.05) is 18.5 Å². The minimum absolute atomic E-state index is 0.342. The number of ether oxygens (including phenoxy) is 1. The van der Waals surface area contributed by atoms with E-state index in [4.69, 9.17) is 22.7 Å². The van der Waals surface area contributed by atoms with Crippen molar-refractivity contribution in [2.45, 2.75) is 32.3 Å². The van der Waals surface area contributed by atoms with E-state index in [1.54, 1.807) is 0 Å². The van der Waals surface area contributed by atoms with Gasteiger partial charge in [0.1, 0.15) is 4.99 Å². The molecule has 0 amide bonds. The van der Waals surface area contributed by atoms with E-state index in [1.807, 2.05) is 19.1 Å². The summed E-state index contributed by atoms with van der Waals surface area (Å²) in [6.07, 6.45) is 3.95. The van der Waals surface area contributed by atoms with Gasteiger partial charge in [0, 0.05) is 24.4 Å². The largest absolute Gasteiger partial charge is 0.389 e. The SMILES string of the molecule is Cc1cc(NCC2CCCCO2)ccc1C(N)=S. The molecule has 0 saturated carbocycles. The minimum Gasteiger partial charge on any atom is -0.389 e. The molecular weight excluding hydrogens is 244 g/mol. The van der Waals surface area contributed by atoms with Crippen LogP contribution >= 0.6 is 12.2 Å². The smallest absolute Gasteiger partial charge is 0.104 e.